The third kappa shape index (κ3) is 3.27. The lowest BCUT2D eigenvalue weighted by Gasteiger charge is -2.00. The zero-order chi connectivity index (χ0) is 14.7. The van der Waals surface area contributed by atoms with Crippen molar-refractivity contribution < 1.29 is 10.2 Å². The molecule has 6 heteroatoms. The number of hydrogen-bond acceptors (Lipinski definition) is 5. The quantitative estimate of drug-likeness (QED) is 0.673. The Balaban J connectivity index is 2.36. The van der Waals surface area contributed by atoms with Gasteiger partial charge in [-0.05, 0) is 44.5 Å². The largest absolute Gasteiger partial charge is 0.504 e. The first kappa shape index (κ1) is 14.3. The van der Waals surface area contributed by atoms with Crippen molar-refractivity contribution in [3.05, 3.63) is 39.6 Å². The fourth-order valence-corrected chi connectivity index (χ4v) is 2.52. The minimum absolute atomic E-state index is 0.142. The minimum atomic E-state index is -0.159. The molecule has 0 bridgehead atoms. The lowest BCUT2D eigenvalue weighted by atomic mass is 10.2. The molecule has 0 saturated carbocycles. The number of benzene rings is 1. The molecule has 0 aliphatic carbocycles. The Morgan fingerprint density at radius 2 is 2.00 bits per heavy atom. The van der Waals surface area contributed by atoms with E-state index in [2.05, 4.69) is 10.1 Å². The molecule has 5 nitrogen and oxygen atoms in total. The molecule has 0 fully saturated rings. The van der Waals surface area contributed by atoms with Crippen LogP contribution < -0.4 is 4.80 Å². The van der Waals surface area contributed by atoms with Gasteiger partial charge in [-0.15, -0.1) is 11.3 Å². The van der Waals surface area contributed by atoms with Gasteiger partial charge in [0, 0.05) is 11.4 Å². The Hall–Kier alpha value is -2.08. The van der Waals surface area contributed by atoms with E-state index in [0.717, 1.165) is 10.5 Å². The van der Waals surface area contributed by atoms with Crippen molar-refractivity contribution in [2.75, 3.05) is 0 Å². The topological polar surface area (TPSA) is 70.1 Å². The van der Waals surface area contributed by atoms with Crippen LogP contribution in [0.1, 0.15) is 25.1 Å². The molecule has 1 aromatic carbocycles. The van der Waals surface area contributed by atoms with E-state index < -0.39 is 0 Å². The van der Waals surface area contributed by atoms with Crippen molar-refractivity contribution in [3.63, 3.8) is 0 Å². The highest BCUT2D eigenvalue weighted by molar-refractivity contribution is 7.07. The molecule has 0 amide bonds. The number of phenols is 2. The maximum absolute atomic E-state index is 9.45. The van der Waals surface area contributed by atoms with Crippen LogP contribution in [-0.4, -0.2) is 27.1 Å². The number of aromatic nitrogens is 1. The second-order valence-corrected chi connectivity index (χ2v) is 5.52. The van der Waals surface area contributed by atoms with Gasteiger partial charge in [-0.25, -0.2) is 4.68 Å². The second kappa shape index (κ2) is 5.92. The highest BCUT2D eigenvalue weighted by atomic mass is 32.1. The first-order chi connectivity index (χ1) is 9.47. The Morgan fingerprint density at radius 1 is 1.25 bits per heavy atom. The van der Waals surface area contributed by atoms with E-state index in [1.807, 2.05) is 26.2 Å². The molecule has 106 valence electrons. The van der Waals surface area contributed by atoms with E-state index >= 15 is 0 Å². The van der Waals surface area contributed by atoms with E-state index in [4.69, 9.17) is 0 Å². The zero-order valence-corrected chi connectivity index (χ0v) is 12.4. The number of rotatable bonds is 3. The molecule has 2 rings (SSSR count). The number of thiazole rings is 1. The van der Waals surface area contributed by atoms with E-state index in [9.17, 15) is 10.2 Å². The van der Waals surface area contributed by atoms with Gasteiger partial charge in [0.25, 0.3) is 0 Å². The number of aromatic hydroxyl groups is 2. The summed E-state index contributed by atoms with van der Waals surface area (Å²) in [5, 5.41) is 25.1. The molecular weight excluding hydrogens is 274 g/mol. The molecule has 0 unspecified atom stereocenters. The van der Waals surface area contributed by atoms with Crippen LogP contribution in [0.3, 0.4) is 0 Å². The van der Waals surface area contributed by atoms with Gasteiger partial charge in [0.1, 0.15) is 0 Å². The van der Waals surface area contributed by atoms with Crippen LogP contribution in [-0.2, 0) is 0 Å². The summed E-state index contributed by atoms with van der Waals surface area (Å²) < 4.78 is 1.76. The highest BCUT2D eigenvalue weighted by Crippen LogP contribution is 2.24. The number of phenolic OH excluding ortho intramolecular Hbond substituents is 2. The van der Waals surface area contributed by atoms with Crippen molar-refractivity contribution in [1.29, 1.82) is 0 Å². The average Bonchev–Trinajstić information content (AvgIpc) is 2.71. The Labute approximate surface area is 121 Å². The van der Waals surface area contributed by atoms with Crippen LogP contribution >= 0.6 is 11.3 Å². The van der Waals surface area contributed by atoms with E-state index in [0.29, 0.717) is 5.56 Å². The van der Waals surface area contributed by atoms with Gasteiger partial charge in [0.05, 0.1) is 11.9 Å². The third-order valence-corrected chi connectivity index (χ3v) is 3.49. The number of hydrogen-bond donors (Lipinski definition) is 2. The maximum atomic E-state index is 9.45. The number of nitrogens with zero attached hydrogens (tertiary/aromatic N) is 3. The van der Waals surface area contributed by atoms with Crippen LogP contribution in [0.5, 0.6) is 11.5 Å². The van der Waals surface area contributed by atoms with Crippen LogP contribution in [0.2, 0.25) is 0 Å². The molecule has 1 aromatic heterocycles. The molecule has 0 spiro atoms. The Morgan fingerprint density at radius 3 is 2.65 bits per heavy atom. The van der Waals surface area contributed by atoms with E-state index in [1.54, 1.807) is 17.0 Å². The van der Waals surface area contributed by atoms with Crippen LogP contribution in [0.15, 0.2) is 33.7 Å². The van der Waals surface area contributed by atoms with Gasteiger partial charge in [-0.1, -0.05) is 0 Å². The number of aryl methyl sites for hydroxylation is 1. The van der Waals surface area contributed by atoms with Gasteiger partial charge >= 0.3 is 0 Å². The van der Waals surface area contributed by atoms with Gasteiger partial charge in [-0.3, -0.25) is 4.99 Å². The van der Waals surface area contributed by atoms with Crippen molar-refractivity contribution in [1.82, 2.24) is 4.68 Å². The summed E-state index contributed by atoms with van der Waals surface area (Å²) in [5.74, 6) is -0.301. The lowest BCUT2D eigenvalue weighted by molar-refractivity contribution is 0.403. The molecule has 0 aliphatic rings. The highest BCUT2D eigenvalue weighted by Gasteiger charge is 2.01. The van der Waals surface area contributed by atoms with Crippen molar-refractivity contribution in [3.8, 4) is 11.5 Å². The standard InChI is InChI=1S/C14H17N3O2S/c1-9(2)16-14-17(10(3)8-20-14)15-7-11-4-5-12(18)13(19)6-11/h4-9,18-19H,1-3H3. The summed E-state index contributed by atoms with van der Waals surface area (Å²) >= 11 is 1.54. The normalized spacial score (nSPS) is 12.7. The van der Waals surface area contributed by atoms with Gasteiger partial charge in [0.2, 0.25) is 4.80 Å². The molecule has 0 aliphatic heterocycles. The molecular formula is C14H17N3O2S. The lowest BCUT2D eigenvalue weighted by Crippen LogP contribution is -2.14. The first-order valence-electron chi connectivity index (χ1n) is 6.24. The van der Waals surface area contributed by atoms with Crippen molar-refractivity contribution >= 4 is 17.6 Å². The summed E-state index contributed by atoms with van der Waals surface area (Å²) in [6.07, 6.45) is 1.62. The Kier molecular flexibility index (Phi) is 4.24. The summed E-state index contributed by atoms with van der Waals surface area (Å²) in [6, 6.07) is 4.77. The predicted molar refractivity (Wildman–Crippen MR) is 80.5 cm³/mol. The van der Waals surface area contributed by atoms with Gasteiger partial charge in [0.15, 0.2) is 11.5 Å². The fraction of sp³-hybridized carbons (Fsp3) is 0.286. The average molecular weight is 291 g/mol. The van der Waals surface area contributed by atoms with Crippen molar-refractivity contribution in [2.24, 2.45) is 10.1 Å². The summed E-state index contributed by atoms with van der Waals surface area (Å²) in [6.45, 7) is 5.99. The smallest absolute Gasteiger partial charge is 0.206 e. The monoisotopic (exact) mass is 291 g/mol. The predicted octanol–water partition coefficient (Wildman–Crippen LogP) is 2.46. The van der Waals surface area contributed by atoms with Gasteiger partial charge in [-0.2, -0.15) is 5.10 Å². The van der Waals surface area contributed by atoms with E-state index in [-0.39, 0.29) is 17.5 Å². The van der Waals surface area contributed by atoms with Crippen LogP contribution in [0, 0.1) is 6.92 Å². The van der Waals surface area contributed by atoms with Crippen LogP contribution in [0.4, 0.5) is 0 Å². The molecule has 20 heavy (non-hydrogen) atoms. The molecule has 0 atom stereocenters. The fourth-order valence-electron chi connectivity index (χ4n) is 1.58. The first-order valence-corrected chi connectivity index (χ1v) is 7.12. The SMILES string of the molecule is Cc1csc(=NC(C)C)n1N=Cc1ccc(O)c(O)c1. The summed E-state index contributed by atoms with van der Waals surface area (Å²) in [5.41, 5.74) is 1.70. The van der Waals surface area contributed by atoms with Crippen LogP contribution in [0.25, 0.3) is 0 Å². The Bertz CT molecular complexity index is 699. The third-order valence-electron chi connectivity index (χ3n) is 2.54. The van der Waals surface area contributed by atoms with Crippen molar-refractivity contribution in [2.45, 2.75) is 26.8 Å². The van der Waals surface area contributed by atoms with Gasteiger partial charge < -0.3 is 10.2 Å². The maximum Gasteiger partial charge on any atom is 0.206 e. The minimum Gasteiger partial charge on any atom is -0.504 e. The molecule has 2 aromatic rings. The zero-order valence-electron chi connectivity index (χ0n) is 11.6. The molecule has 0 radical (unpaired) electrons. The molecule has 1 heterocycles. The molecule has 2 N–H and O–H groups in total. The second-order valence-electron chi connectivity index (χ2n) is 4.69. The molecule has 0 saturated heterocycles. The van der Waals surface area contributed by atoms with E-state index in [1.165, 1.54) is 23.5 Å². The summed E-state index contributed by atoms with van der Waals surface area (Å²) in [4.78, 5) is 5.33. The summed E-state index contributed by atoms with van der Waals surface area (Å²) in [7, 11) is 0.